The molecule has 1 aliphatic rings. The molecule has 6 heteroatoms. The summed E-state index contributed by atoms with van der Waals surface area (Å²) in [5.74, 6) is -0.0480. The molecule has 26 heavy (non-hydrogen) atoms. The van der Waals surface area contributed by atoms with Gasteiger partial charge in [-0.1, -0.05) is 13.8 Å². The summed E-state index contributed by atoms with van der Waals surface area (Å²) in [4.78, 5) is 12.8. The highest BCUT2D eigenvalue weighted by Crippen LogP contribution is 2.21. The number of carbonyl (C=O) groups is 1. The Morgan fingerprint density at radius 1 is 1.38 bits per heavy atom. The van der Waals surface area contributed by atoms with Crippen molar-refractivity contribution < 1.29 is 13.9 Å². The second-order valence-electron chi connectivity index (χ2n) is 7.24. The second kappa shape index (κ2) is 7.99. The van der Waals surface area contributed by atoms with E-state index in [9.17, 15) is 9.18 Å². The predicted molar refractivity (Wildman–Crippen MR) is 98.1 cm³/mol. The topological polar surface area (TPSA) is 56.1 Å². The van der Waals surface area contributed by atoms with Crippen molar-refractivity contribution in [2.24, 2.45) is 5.92 Å². The van der Waals surface area contributed by atoms with Gasteiger partial charge in [0.1, 0.15) is 5.82 Å². The minimum Gasteiger partial charge on any atom is -0.376 e. The minimum absolute atomic E-state index is 0.0972. The largest absolute Gasteiger partial charge is 0.376 e. The third-order valence-corrected chi connectivity index (χ3v) is 4.60. The number of aromatic nitrogens is 2. The molecule has 1 fully saturated rings. The van der Waals surface area contributed by atoms with E-state index in [0.717, 1.165) is 36.5 Å². The van der Waals surface area contributed by atoms with Crippen molar-refractivity contribution >= 4 is 5.91 Å². The zero-order valence-corrected chi connectivity index (χ0v) is 15.6. The van der Waals surface area contributed by atoms with E-state index in [1.165, 1.54) is 12.1 Å². The summed E-state index contributed by atoms with van der Waals surface area (Å²) in [6.45, 7) is 7.35. The molecule has 0 saturated carbocycles. The van der Waals surface area contributed by atoms with E-state index >= 15 is 0 Å². The lowest BCUT2D eigenvalue weighted by Gasteiger charge is -2.12. The Hall–Kier alpha value is -2.21. The van der Waals surface area contributed by atoms with Crippen LogP contribution in [0.3, 0.4) is 0 Å². The zero-order chi connectivity index (χ0) is 18.7. The maximum Gasteiger partial charge on any atom is 0.255 e. The molecule has 2 heterocycles. The summed E-state index contributed by atoms with van der Waals surface area (Å²) in [6.07, 6.45) is 2.82. The number of nitrogens with zero attached hydrogens (tertiary/aromatic N) is 2. The fourth-order valence-electron chi connectivity index (χ4n) is 3.32. The van der Waals surface area contributed by atoms with Crippen LogP contribution in [0.1, 0.15) is 48.4 Å². The van der Waals surface area contributed by atoms with Crippen LogP contribution in [0, 0.1) is 18.7 Å². The van der Waals surface area contributed by atoms with Gasteiger partial charge in [0.25, 0.3) is 5.91 Å². The Morgan fingerprint density at radius 3 is 2.73 bits per heavy atom. The van der Waals surface area contributed by atoms with Crippen LogP contribution in [0.5, 0.6) is 0 Å². The molecule has 1 saturated heterocycles. The first kappa shape index (κ1) is 18.6. The van der Waals surface area contributed by atoms with Gasteiger partial charge in [-0.25, -0.2) is 9.07 Å². The van der Waals surface area contributed by atoms with Gasteiger partial charge in [-0.2, -0.15) is 5.10 Å². The smallest absolute Gasteiger partial charge is 0.255 e. The number of carbonyl (C=O) groups excluding carboxylic acids is 1. The average molecular weight is 359 g/mol. The number of hydrogen-bond donors (Lipinski definition) is 1. The van der Waals surface area contributed by atoms with Gasteiger partial charge in [-0.3, -0.25) is 4.79 Å². The molecule has 0 aliphatic carbocycles. The number of hydrogen-bond acceptors (Lipinski definition) is 3. The first-order chi connectivity index (χ1) is 12.5. The lowest BCUT2D eigenvalue weighted by molar-refractivity contribution is 0.0856. The van der Waals surface area contributed by atoms with E-state index in [2.05, 4.69) is 24.3 Å². The van der Waals surface area contributed by atoms with Crippen molar-refractivity contribution in [3.63, 3.8) is 0 Å². The summed E-state index contributed by atoms with van der Waals surface area (Å²) >= 11 is 0. The van der Waals surface area contributed by atoms with Crippen LogP contribution in [0.15, 0.2) is 24.3 Å². The SMILES string of the molecule is Cc1c(C(=O)NCC2CCCO2)c(CC(C)C)nn1-c1ccc(F)cc1. The first-order valence-electron chi connectivity index (χ1n) is 9.20. The van der Waals surface area contributed by atoms with E-state index < -0.39 is 0 Å². The maximum absolute atomic E-state index is 13.2. The lowest BCUT2D eigenvalue weighted by Crippen LogP contribution is -2.32. The van der Waals surface area contributed by atoms with Crippen molar-refractivity contribution in [2.75, 3.05) is 13.2 Å². The van der Waals surface area contributed by atoms with E-state index in [1.54, 1.807) is 16.8 Å². The molecule has 140 valence electrons. The molecular weight excluding hydrogens is 333 g/mol. The van der Waals surface area contributed by atoms with Crippen molar-refractivity contribution in [3.8, 4) is 5.69 Å². The summed E-state index contributed by atoms with van der Waals surface area (Å²) in [6, 6.07) is 6.14. The van der Waals surface area contributed by atoms with Crippen LogP contribution >= 0.6 is 0 Å². The Morgan fingerprint density at radius 2 is 2.12 bits per heavy atom. The highest BCUT2D eigenvalue weighted by Gasteiger charge is 2.24. The van der Waals surface area contributed by atoms with Gasteiger partial charge < -0.3 is 10.1 Å². The van der Waals surface area contributed by atoms with Crippen molar-refractivity contribution in [1.82, 2.24) is 15.1 Å². The predicted octanol–water partition coefficient (Wildman–Crippen LogP) is 3.43. The molecule has 1 aliphatic heterocycles. The lowest BCUT2D eigenvalue weighted by atomic mass is 10.0. The number of nitrogens with one attached hydrogen (secondary N) is 1. The minimum atomic E-state index is -0.296. The van der Waals surface area contributed by atoms with Gasteiger partial charge in [0.05, 0.1) is 28.7 Å². The van der Waals surface area contributed by atoms with Gasteiger partial charge in [-0.05, 0) is 56.4 Å². The Bertz CT molecular complexity index is 762. The summed E-state index contributed by atoms with van der Waals surface area (Å²) in [5.41, 5.74) is 2.89. The molecule has 2 aromatic rings. The van der Waals surface area contributed by atoms with Crippen LogP contribution in [0.2, 0.25) is 0 Å². The molecule has 1 unspecified atom stereocenters. The van der Waals surface area contributed by atoms with Gasteiger partial charge >= 0.3 is 0 Å². The molecule has 0 radical (unpaired) electrons. The van der Waals surface area contributed by atoms with Gasteiger partial charge in [0.15, 0.2) is 0 Å². The summed E-state index contributed by atoms with van der Waals surface area (Å²) in [5, 5.41) is 7.64. The van der Waals surface area contributed by atoms with Crippen LogP contribution in [0.25, 0.3) is 5.69 Å². The average Bonchev–Trinajstić information content (AvgIpc) is 3.21. The Labute approximate surface area is 153 Å². The molecule has 1 atom stereocenters. The monoisotopic (exact) mass is 359 g/mol. The quantitative estimate of drug-likeness (QED) is 0.860. The molecule has 1 aromatic heterocycles. The highest BCUT2D eigenvalue weighted by molar-refractivity contribution is 5.96. The molecule has 1 aromatic carbocycles. The number of benzene rings is 1. The molecule has 0 spiro atoms. The molecule has 1 amide bonds. The fraction of sp³-hybridized carbons (Fsp3) is 0.500. The number of ether oxygens (including phenoxy) is 1. The van der Waals surface area contributed by atoms with E-state index in [4.69, 9.17) is 4.74 Å². The first-order valence-corrected chi connectivity index (χ1v) is 9.20. The van der Waals surface area contributed by atoms with Crippen LogP contribution in [-0.2, 0) is 11.2 Å². The van der Waals surface area contributed by atoms with E-state index in [-0.39, 0.29) is 17.8 Å². The second-order valence-corrected chi connectivity index (χ2v) is 7.24. The number of halogens is 1. The Kier molecular flexibility index (Phi) is 5.71. The van der Waals surface area contributed by atoms with Crippen LogP contribution in [-0.4, -0.2) is 34.9 Å². The molecule has 5 nitrogen and oxygen atoms in total. The normalized spacial score (nSPS) is 17.0. The summed E-state index contributed by atoms with van der Waals surface area (Å²) < 4.78 is 20.5. The molecular formula is C20H26FN3O2. The molecule has 0 bridgehead atoms. The molecule has 3 rings (SSSR count). The van der Waals surface area contributed by atoms with Gasteiger partial charge in [-0.15, -0.1) is 0 Å². The standard InChI is InChI=1S/C20H26FN3O2/c1-13(2)11-18-19(20(25)22-12-17-5-4-10-26-17)14(3)24(23-18)16-8-6-15(21)7-9-16/h6-9,13,17H,4-5,10-12H2,1-3H3,(H,22,25). The van der Waals surface area contributed by atoms with Crippen molar-refractivity contribution in [2.45, 2.75) is 46.1 Å². The van der Waals surface area contributed by atoms with Gasteiger partial charge in [0, 0.05) is 13.2 Å². The third kappa shape index (κ3) is 4.12. The summed E-state index contributed by atoms with van der Waals surface area (Å²) in [7, 11) is 0. The van der Waals surface area contributed by atoms with E-state index in [0.29, 0.717) is 24.4 Å². The maximum atomic E-state index is 13.2. The van der Waals surface area contributed by atoms with Crippen LogP contribution in [0.4, 0.5) is 4.39 Å². The highest BCUT2D eigenvalue weighted by atomic mass is 19.1. The van der Waals surface area contributed by atoms with E-state index in [1.807, 2.05) is 6.92 Å². The molecule has 1 N–H and O–H groups in total. The van der Waals surface area contributed by atoms with Gasteiger partial charge in [0.2, 0.25) is 0 Å². The van der Waals surface area contributed by atoms with Crippen molar-refractivity contribution in [1.29, 1.82) is 0 Å². The third-order valence-electron chi connectivity index (χ3n) is 4.60. The number of amides is 1. The van der Waals surface area contributed by atoms with Crippen molar-refractivity contribution in [3.05, 3.63) is 47.0 Å². The number of rotatable bonds is 6. The van der Waals surface area contributed by atoms with Crippen LogP contribution < -0.4 is 5.32 Å². The zero-order valence-electron chi connectivity index (χ0n) is 15.6. The Balaban J connectivity index is 1.88. The fourth-order valence-corrected chi connectivity index (χ4v) is 3.32.